The third kappa shape index (κ3) is 11.7. The van der Waals surface area contributed by atoms with E-state index in [-0.39, 0.29) is 17.5 Å². The van der Waals surface area contributed by atoms with Gasteiger partial charge in [-0.25, -0.2) is 12.8 Å². The number of nitrogens with one attached hydrogen (secondary N) is 1. The quantitative estimate of drug-likeness (QED) is 0.246. The van der Waals surface area contributed by atoms with Crippen LogP contribution < -0.4 is 20.1 Å². The molecule has 0 spiro atoms. The molecule has 0 fully saturated rings. The second kappa shape index (κ2) is 17.9. The average molecular weight is 660 g/mol. The first-order chi connectivity index (χ1) is 21.2. The standard InChI is InChI=1S/C16H15FN2O4S.C8H8O2.C5H9F3O.CH5N/c1-11-9-19(24(21,22)14-5-2-12(17)3-6-14)15-8-13(18-10-20)4-7-16(15)23-11;9-7-10-6-8-4-2-1-3-5-8;1-4(2,9-3)5(6,7)8;1-2/h2-8,10-11H,9H2,1H3,(H,18,20);1-5,7H,6H2;1-3H3;2H2,1H3/t11-;;;/m0.../s1. The number of halogens is 4. The fourth-order valence-corrected chi connectivity index (χ4v) is 4.88. The van der Waals surface area contributed by atoms with E-state index in [4.69, 9.17) is 4.74 Å². The van der Waals surface area contributed by atoms with E-state index in [0.717, 1.165) is 38.7 Å². The zero-order valence-electron chi connectivity index (χ0n) is 25.4. The molecule has 15 heteroatoms. The highest BCUT2D eigenvalue weighted by Gasteiger charge is 2.47. The molecular weight excluding hydrogens is 622 g/mol. The molecule has 3 aromatic carbocycles. The van der Waals surface area contributed by atoms with Crippen molar-refractivity contribution in [1.29, 1.82) is 0 Å². The van der Waals surface area contributed by atoms with Gasteiger partial charge in [-0.1, -0.05) is 30.3 Å². The van der Waals surface area contributed by atoms with Crippen LogP contribution in [-0.2, 0) is 35.7 Å². The highest BCUT2D eigenvalue weighted by Crippen LogP contribution is 2.38. The van der Waals surface area contributed by atoms with Crippen LogP contribution in [0.25, 0.3) is 0 Å². The molecule has 0 bridgehead atoms. The van der Waals surface area contributed by atoms with Crippen LogP contribution >= 0.6 is 0 Å². The summed E-state index contributed by atoms with van der Waals surface area (Å²) in [5.41, 5.74) is 4.26. The summed E-state index contributed by atoms with van der Waals surface area (Å²) < 4.78 is 89.7. The van der Waals surface area contributed by atoms with Gasteiger partial charge in [0, 0.05) is 12.8 Å². The lowest BCUT2D eigenvalue weighted by molar-refractivity contribution is -0.255. The molecule has 0 saturated heterocycles. The predicted octanol–water partition coefficient (Wildman–Crippen LogP) is 5.28. The SMILES string of the molecule is CN.COC(C)(C)C(F)(F)F.C[C@H]1CN(S(=O)(=O)c2ccc(F)cc2)c2cc(NC=O)ccc2O1.O=COCc1ccccc1. The Morgan fingerprint density at radius 3 is 2.11 bits per heavy atom. The minimum Gasteiger partial charge on any atom is -0.487 e. The molecule has 1 aliphatic rings. The number of rotatable bonds is 8. The first-order valence-electron chi connectivity index (χ1n) is 13.2. The largest absolute Gasteiger partial charge is 0.487 e. The molecule has 1 atom stereocenters. The van der Waals surface area contributed by atoms with Gasteiger partial charge in [0.2, 0.25) is 6.41 Å². The minimum absolute atomic E-state index is 0.0160. The highest BCUT2D eigenvalue weighted by atomic mass is 32.2. The lowest BCUT2D eigenvalue weighted by Gasteiger charge is -2.34. The van der Waals surface area contributed by atoms with Crippen LogP contribution in [0.5, 0.6) is 5.75 Å². The highest BCUT2D eigenvalue weighted by molar-refractivity contribution is 7.92. The van der Waals surface area contributed by atoms with E-state index in [2.05, 4.69) is 20.5 Å². The molecule has 0 aliphatic carbocycles. The number of amides is 1. The van der Waals surface area contributed by atoms with Gasteiger partial charge in [0.1, 0.15) is 24.3 Å². The molecule has 4 rings (SSSR count). The summed E-state index contributed by atoms with van der Waals surface area (Å²) in [7, 11) is -1.35. The lowest BCUT2D eigenvalue weighted by Crippen LogP contribution is -2.42. The first-order valence-corrected chi connectivity index (χ1v) is 14.7. The van der Waals surface area contributed by atoms with Crippen molar-refractivity contribution in [2.75, 3.05) is 30.3 Å². The lowest BCUT2D eigenvalue weighted by atomic mass is 10.1. The summed E-state index contributed by atoms with van der Waals surface area (Å²) in [4.78, 5) is 20.4. The Morgan fingerprint density at radius 2 is 1.62 bits per heavy atom. The van der Waals surface area contributed by atoms with Crippen molar-refractivity contribution in [3.63, 3.8) is 0 Å². The number of fused-ring (bicyclic) bond motifs is 1. The molecule has 3 N–H and O–H groups in total. The van der Waals surface area contributed by atoms with Crippen molar-refractivity contribution >= 4 is 34.3 Å². The molecule has 10 nitrogen and oxygen atoms in total. The Kier molecular flexibility index (Phi) is 15.5. The second-order valence-corrected chi connectivity index (χ2v) is 11.3. The van der Waals surface area contributed by atoms with E-state index in [1.54, 1.807) is 19.1 Å². The molecule has 1 amide bonds. The van der Waals surface area contributed by atoms with Crippen LogP contribution in [0.15, 0.2) is 77.7 Å². The number of methoxy groups -OCH3 is 1. The van der Waals surface area contributed by atoms with Crippen LogP contribution in [0, 0.1) is 5.82 Å². The van der Waals surface area contributed by atoms with Gasteiger partial charge >= 0.3 is 6.18 Å². The van der Waals surface area contributed by atoms with Crippen LogP contribution in [0.4, 0.5) is 28.9 Å². The van der Waals surface area contributed by atoms with E-state index in [9.17, 15) is 35.6 Å². The molecule has 1 heterocycles. The number of nitrogens with two attached hydrogens (primary N) is 1. The Bertz CT molecular complexity index is 1440. The molecule has 1 aliphatic heterocycles. The molecule has 248 valence electrons. The number of carbonyl (C=O) groups is 2. The second-order valence-electron chi connectivity index (χ2n) is 9.47. The van der Waals surface area contributed by atoms with Crippen molar-refractivity contribution in [1.82, 2.24) is 0 Å². The van der Waals surface area contributed by atoms with E-state index < -0.39 is 27.6 Å². The van der Waals surface area contributed by atoms with Crippen LogP contribution in [0.2, 0.25) is 0 Å². The summed E-state index contributed by atoms with van der Waals surface area (Å²) in [6, 6.07) is 18.9. The van der Waals surface area contributed by atoms with Crippen molar-refractivity contribution < 1.29 is 49.8 Å². The van der Waals surface area contributed by atoms with Crippen LogP contribution in [0.1, 0.15) is 26.3 Å². The average Bonchev–Trinajstić information content (AvgIpc) is 3.01. The van der Waals surface area contributed by atoms with Gasteiger partial charge in [0.05, 0.1) is 17.1 Å². The Morgan fingerprint density at radius 1 is 1.02 bits per heavy atom. The zero-order chi connectivity index (χ0) is 34.3. The third-order valence-corrected chi connectivity index (χ3v) is 7.75. The van der Waals surface area contributed by atoms with Gasteiger partial charge in [0.25, 0.3) is 16.5 Å². The number of alkyl halides is 3. The number of ether oxygens (including phenoxy) is 3. The van der Waals surface area contributed by atoms with Crippen LogP contribution in [-0.4, -0.2) is 59.9 Å². The first kappa shape index (κ1) is 38.8. The summed E-state index contributed by atoms with van der Waals surface area (Å²) >= 11 is 0. The van der Waals surface area contributed by atoms with E-state index in [0.29, 0.717) is 36.6 Å². The van der Waals surface area contributed by atoms with E-state index in [1.165, 1.54) is 29.6 Å². The number of sulfonamides is 1. The summed E-state index contributed by atoms with van der Waals surface area (Å²) in [5, 5.41) is 2.48. The minimum atomic E-state index is -4.28. The molecular formula is C30H37F4N3O7S. The van der Waals surface area contributed by atoms with Crippen LogP contribution in [0.3, 0.4) is 0 Å². The maximum atomic E-state index is 13.1. The van der Waals surface area contributed by atoms with Crippen molar-refractivity contribution in [2.24, 2.45) is 5.73 Å². The fourth-order valence-electron chi connectivity index (χ4n) is 3.34. The Balaban J connectivity index is 0.000000398. The molecule has 0 radical (unpaired) electrons. The van der Waals surface area contributed by atoms with Gasteiger partial charge < -0.3 is 25.3 Å². The normalized spacial score (nSPS) is 13.9. The monoisotopic (exact) mass is 659 g/mol. The van der Waals surface area contributed by atoms with Crippen molar-refractivity contribution in [3.05, 3.63) is 84.2 Å². The molecule has 0 unspecified atom stereocenters. The molecule has 0 aromatic heterocycles. The molecule has 45 heavy (non-hydrogen) atoms. The smallest absolute Gasteiger partial charge is 0.416 e. The fraction of sp³-hybridized carbons (Fsp3) is 0.333. The summed E-state index contributed by atoms with van der Waals surface area (Å²) in [6.45, 7) is 4.64. The van der Waals surface area contributed by atoms with Gasteiger partial charge in [-0.15, -0.1) is 0 Å². The van der Waals surface area contributed by atoms with Gasteiger partial charge in [-0.05, 0) is 75.8 Å². The number of hydrogen-bond acceptors (Lipinski definition) is 8. The predicted molar refractivity (Wildman–Crippen MR) is 162 cm³/mol. The number of hydrogen-bond donors (Lipinski definition) is 2. The van der Waals surface area contributed by atoms with Gasteiger partial charge in [0.15, 0.2) is 5.60 Å². The summed E-state index contributed by atoms with van der Waals surface area (Å²) in [5.74, 6) is -0.113. The number of anilines is 2. The number of nitrogens with zero attached hydrogens (tertiary/aromatic N) is 1. The van der Waals surface area contributed by atoms with Gasteiger partial charge in [-0.2, -0.15) is 13.2 Å². The third-order valence-electron chi connectivity index (χ3n) is 5.96. The van der Waals surface area contributed by atoms with Crippen molar-refractivity contribution in [2.45, 2.75) is 50.2 Å². The zero-order valence-corrected chi connectivity index (χ0v) is 26.2. The number of benzene rings is 3. The topological polar surface area (TPSA) is 137 Å². The summed E-state index contributed by atoms with van der Waals surface area (Å²) in [6.07, 6.45) is -4.12. The Hall–Kier alpha value is -4.21. The molecule has 0 saturated carbocycles. The Labute approximate surface area is 260 Å². The van der Waals surface area contributed by atoms with Crippen molar-refractivity contribution in [3.8, 4) is 5.75 Å². The van der Waals surface area contributed by atoms with E-state index >= 15 is 0 Å². The maximum Gasteiger partial charge on any atom is 0.416 e. The maximum absolute atomic E-state index is 13.1. The molecule has 3 aromatic rings. The van der Waals surface area contributed by atoms with Gasteiger partial charge in [-0.3, -0.25) is 13.9 Å². The number of carbonyl (C=O) groups excluding carboxylic acids is 2. The van der Waals surface area contributed by atoms with E-state index in [1.807, 2.05) is 30.3 Å².